The lowest BCUT2D eigenvalue weighted by atomic mass is 10.6. The zero-order valence-electron chi connectivity index (χ0n) is 4.80. The van der Waals surface area contributed by atoms with E-state index in [0.29, 0.717) is 0 Å². The average Bonchev–Trinajstić information content (AvgIpc) is 1.88. The van der Waals surface area contributed by atoms with Crippen molar-refractivity contribution in [3.05, 3.63) is 12.3 Å². The molecular weight excluding hydrogens is 154 g/mol. The van der Waals surface area contributed by atoms with Crippen LogP contribution in [0.4, 0.5) is 0 Å². The highest BCUT2D eigenvalue weighted by atomic mass is 35.5. The fourth-order valence-electron chi connectivity index (χ4n) is 0.403. The molecule has 0 amide bonds. The molecule has 1 radical (unpaired) electrons. The van der Waals surface area contributed by atoms with Gasteiger partial charge >= 0.3 is 0 Å². The number of hydrogen-bond acceptors (Lipinski definition) is 5. The van der Waals surface area contributed by atoms with Crippen molar-refractivity contribution in [1.82, 2.24) is 16.1 Å². The minimum Gasteiger partial charge on any atom is -0.260 e. The summed E-state index contributed by atoms with van der Waals surface area (Å²) in [7, 11) is 0. The van der Waals surface area contributed by atoms with Crippen molar-refractivity contribution in [2.45, 2.75) is 0 Å². The highest BCUT2D eigenvalue weighted by Crippen LogP contribution is 1.93. The molecule has 0 saturated heterocycles. The van der Waals surface area contributed by atoms with Crippen LogP contribution in [-0.2, 0) is 0 Å². The number of hydrazine groups is 2. The van der Waals surface area contributed by atoms with Gasteiger partial charge in [0.1, 0.15) is 0 Å². The SMILES string of the molecule is N#CNN1N=C(Cl)C=[C]N1. The Bertz CT molecular complexity index is 214. The summed E-state index contributed by atoms with van der Waals surface area (Å²) in [6, 6.07) is 0. The van der Waals surface area contributed by atoms with Gasteiger partial charge in [-0.15, -0.1) is 5.10 Å². The molecule has 2 N–H and O–H groups in total. The van der Waals surface area contributed by atoms with Gasteiger partial charge in [0.25, 0.3) is 0 Å². The van der Waals surface area contributed by atoms with Crippen LogP contribution in [0.1, 0.15) is 0 Å². The van der Waals surface area contributed by atoms with E-state index in [2.05, 4.69) is 22.2 Å². The molecule has 0 spiro atoms. The Morgan fingerprint density at radius 2 is 2.80 bits per heavy atom. The molecule has 6 heteroatoms. The largest absolute Gasteiger partial charge is 0.260 e. The number of nitrogens with zero attached hydrogens (tertiary/aromatic N) is 3. The van der Waals surface area contributed by atoms with Crippen LogP contribution < -0.4 is 10.9 Å². The van der Waals surface area contributed by atoms with Crippen LogP contribution in [0.15, 0.2) is 11.2 Å². The molecule has 0 aromatic carbocycles. The van der Waals surface area contributed by atoms with Gasteiger partial charge in [0.2, 0.25) is 0 Å². The minimum absolute atomic E-state index is 0.251. The third kappa shape index (κ3) is 1.53. The predicted octanol–water partition coefficient (Wildman–Crippen LogP) is -0.339. The second-order valence-corrected chi connectivity index (χ2v) is 1.75. The molecule has 1 aliphatic rings. The molecule has 0 bridgehead atoms. The molecule has 0 aromatic rings. The number of halogens is 1. The van der Waals surface area contributed by atoms with E-state index >= 15 is 0 Å². The third-order valence-corrected chi connectivity index (χ3v) is 0.898. The topological polar surface area (TPSA) is 63.5 Å². The number of allylic oxidation sites excluding steroid dienone is 1. The number of nitrogens with one attached hydrogen (secondary N) is 2. The van der Waals surface area contributed by atoms with Gasteiger partial charge in [-0.2, -0.15) is 10.7 Å². The van der Waals surface area contributed by atoms with Crippen LogP contribution in [0.5, 0.6) is 0 Å². The molecule has 5 nitrogen and oxygen atoms in total. The molecule has 0 aliphatic carbocycles. The van der Waals surface area contributed by atoms with Crippen LogP contribution in [0.25, 0.3) is 0 Å². The van der Waals surface area contributed by atoms with E-state index in [9.17, 15) is 0 Å². The van der Waals surface area contributed by atoms with E-state index in [4.69, 9.17) is 16.9 Å². The first-order chi connectivity index (χ1) is 4.83. The van der Waals surface area contributed by atoms with Gasteiger partial charge in [-0.05, 0) is 0 Å². The number of nitriles is 1. The molecule has 51 valence electrons. The van der Waals surface area contributed by atoms with Crippen LogP contribution in [0.3, 0.4) is 0 Å². The van der Waals surface area contributed by atoms with E-state index in [-0.39, 0.29) is 5.17 Å². The van der Waals surface area contributed by atoms with Gasteiger partial charge in [-0.3, -0.25) is 5.43 Å². The van der Waals surface area contributed by atoms with E-state index in [1.54, 1.807) is 6.19 Å². The molecule has 0 unspecified atom stereocenters. The maximum Gasteiger partial charge on any atom is 0.200 e. The maximum absolute atomic E-state index is 8.11. The fourth-order valence-corrected chi connectivity index (χ4v) is 0.533. The van der Waals surface area contributed by atoms with Gasteiger partial charge in [-0.25, -0.2) is 0 Å². The lowest BCUT2D eigenvalue weighted by molar-refractivity contribution is 0.176. The zero-order valence-corrected chi connectivity index (χ0v) is 5.55. The smallest absolute Gasteiger partial charge is 0.200 e. The molecule has 1 aliphatic heterocycles. The van der Waals surface area contributed by atoms with Crippen molar-refractivity contribution in [3.8, 4) is 6.19 Å². The Morgan fingerprint density at radius 3 is 3.40 bits per heavy atom. The first-order valence-electron chi connectivity index (χ1n) is 2.36. The van der Waals surface area contributed by atoms with Crippen molar-refractivity contribution < 1.29 is 0 Å². The van der Waals surface area contributed by atoms with Crippen LogP contribution in [-0.4, -0.2) is 10.4 Å². The fraction of sp³-hybridized carbons (Fsp3) is 0. The van der Waals surface area contributed by atoms with E-state index in [1.165, 1.54) is 6.08 Å². The normalized spacial score (nSPS) is 15.2. The molecule has 1 heterocycles. The minimum atomic E-state index is 0.251. The third-order valence-electron chi connectivity index (χ3n) is 0.713. The van der Waals surface area contributed by atoms with Crippen molar-refractivity contribution in [1.29, 1.82) is 5.26 Å². The Morgan fingerprint density at radius 1 is 2.00 bits per heavy atom. The summed E-state index contributed by atoms with van der Waals surface area (Å²) in [4.78, 5) is 0. The number of hydrazone groups is 1. The molecular formula is C4H3ClN5. The second kappa shape index (κ2) is 2.94. The average molecular weight is 157 g/mol. The Labute approximate surface area is 62.5 Å². The Kier molecular flexibility index (Phi) is 1.97. The quantitative estimate of drug-likeness (QED) is 0.403. The van der Waals surface area contributed by atoms with Gasteiger partial charge in [-0.1, -0.05) is 16.8 Å². The summed E-state index contributed by atoms with van der Waals surface area (Å²) in [6.07, 6.45) is 5.64. The molecule has 0 atom stereocenters. The maximum atomic E-state index is 8.11. The van der Waals surface area contributed by atoms with E-state index in [1.807, 2.05) is 0 Å². The summed E-state index contributed by atoms with van der Waals surface area (Å²) >= 11 is 5.45. The van der Waals surface area contributed by atoms with E-state index in [0.717, 1.165) is 5.23 Å². The molecule has 0 aromatic heterocycles. The van der Waals surface area contributed by atoms with Crippen molar-refractivity contribution >= 4 is 16.8 Å². The first-order valence-corrected chi connectivity index (χ1v) is 2.74. The highest BCUT2D eigenvalue weighted by Gasteiger charge is 2.01. The zero-order chi connectivity index (χ0) is 7.40. The van der Waals surface area contributed by atoms with Gasteiger partial charge in [0.05, 0.1) is 6.20 Å². The van der Waals surface area contributed by atoms with Crippen LogP contribution in [0, 0.1) is 17.7 Å². The molecule has 0 saturated carbocycles. The monoisotopic (exact) mass is 156 g/mol. The summed E-state index contributed by atoms with van der Waals surface area (Å²) in [5.41, 5.74) is 4.66. The molecule has 10 heavy (non-hydrogen) atoms. The molecule has 0 fully saturated rings. The Balaban J connectivity index is 2.53. The summed E-state index contributed by atoms with van der Waals surface area (Å²) in [6.45, 7) is 0. The van der Waals surface area contributed by atoms with Crippen LogP contribution >= 0.6 is 11.6 Å². The summed E-state index contributed by atoms with van der Waals surface area (Å²) in [5, 5.41) is 13.0. The van der Waals surface area contributed by atoms with Crippen molar-refractivity contribution in [2.24, 2.45) is 5.10 Å². The van der Waals surface area contributed by atoms with Crippen LogP contribution in [0.2, 0.25) is 0 Å². The number of hydrogen-bond donors (Lipinski definition) is 2. The first kappa shape index (κ1) is 6.71. The van der Waals surface area contributed by atoms with Crippen molar-refractivity contribution in [2.75, 3.05) is 0 Å². The Hall–Kier alpha value is -1.41. The van der Waals surface area contributed by atoms with Gasteiger partial charge in [0, 0.05) is 6.08 Å². The lowest BCUT2D eigenvalue weighted by Crippen LogP contribution is -2.41. The standard InChI is InChI=1S/C4H3ClN5/c5-4-1-2-7-10(9-4)8-3-6/h1,7-8H. The van der Waals surface area contributed by atoms with E-state index < -0.39 is 0 Å². The summed E-state index contributed by atoms with van der Waals surface area (Å²) in [5.74, 6) is 0. The highest BCUT2D eigenvalue weighted by molar-refractivity contribution is 6.68. The summed E-state index contributed by atoms with van der Waals surface area (Å²) < 4.78 is 0. The van der Waals surface area contributed by atoms with Gasteiger partial charge in [0.15, 0.2) is 11.4 Å². The van der Waals surface area contributed by atoms with Gasteiger partial charge < -0.3 is 0 Å². The molecule has 1 rings (SSSR count). The lowest BCUT2D eigenvalue weighted by Gasteiger charge is -2.16. The number of rotatable bonds is 1. The van der Waals surface area contributed by atoms with Crippen molar-refractivity contribution in [3.63, 3.8) is 0 Å². The predicted molar refractivity (Wildman–Crippen MR) is 34.8 cm³/mol. The second-order valence-electron chi connectivity index (χ2n) is 1.36.